The Balaban J connectivity index is 1.64. The summed E-state index contributed by atoms with van der Waals surface area (Å²) in [7, 11) is 0. The van der Waals surface area contributed by atoms with Crippen LogP contribution >= 0.6 is 35.0 Å². The lowest BCUT2D eigenvalue weighted by Crippen LogP contribution is -2.26. The Bertz CT molecular complexity index is 671. The van der Waals surface area contributed by atoms with E-state index < -0.39 is 0 Å². The second-order valence-corrected chi connectivity index (χ2v) is 7.45. The summed E-state index contributed by atoms with van der Waals surface area (Å²) in [5, 5.41) is 4.18. The summed E-state index contributed by atoms with van der Waals surface area (Å²) < 4.78 is 0. The first-order chi connectivity index (χ1) is 11.6. The number of amides is 1. The Labute approximate surface area is 157 Å². The molecule has 0 fully saturated rings. The SMILES string of the molecule is Cc1ccccc1CSCCNC(=O)CCc1c(Cl)cccc1Cl. The quantitative estimate of drug-likeness (QED) is 0.629. The molecule has 2 nitrogen and oxygen atoms in total. The van der Waals surface area contributed by atoms with E-state index in [4.69, 9.17) is 23.2 Å². The summed E-state index contributed by atoms with van der Waals surface area (Å²) in [5.41, 5.74) is 3.50. The van der Waals surface area contributed by atoms with E-state index in [1.54, 1.807) is 18.2 Å². The second-order valence-electron chi connectivity index (χ2n) is 5.53. The maximum absolute atomic E-state index is 11.9. The van der Waals surface area contributed by atoms with Crippen molar-refractivity contribution in [1.82, 2.24) is 5.32 Å². The van der Waals surface area contributed by atoms with Gasteiger partial charge in [-0.15, -0.1) is 0 Å². The molecule has 0 aliphatic heterocycles. The van der Waals surface area contributed by atoms with Crippen molar-refractivity contribution in [3.63, 3.8) is 0 Å². The van der Waals surface area contributed by atoms with Gasteiger partial charge in [0.05, 0.1) is 0 Å². The van der Waals surface area contributed by atoms with Crippen LogP contribution in [0.15, 0.2) is 42.5 Å². The molecular formula is C19H21Cl2NOS. The van der Waals surface area contributed by atoms with E-state index in [9.17, 15) is 4.79 Å². The lowest BCUT2D eigenvalue weighted by atomic mass is 10.1. The number of nitrogens with one attached hydrogen (secondary N) is 1. The van der Waals surface area contributed by atoms with Crippen LogP contribution in [0.5, 0.6) is 0 Å². The van der Waals surface area contributed by atoms with Gasteiger partial charge in [0.2, 0.25) is 5.91 Å². The first-order valence-corrected chi connectivity index (χ1v) is 9.81. The molecule has 0 atom stereocenters. The molecule has 2 rings (SSSR count). The largest absolute Gasteiger partial charge is 0.355 e. The maximum atomic E-state index is 11.9. The molecular weight excluding hydrogens is 361 g/mol. The van der Waals surface area contributed by atoms with E-state index in [0.29, 0.717) is 29.4 Å². The third-order valence-electron chi connectivity index (χ3n) is 3.75. The first-order valence-electron chi connectivity index (χ1n) is 7.90. The third-order valence-corrected chi connectivity index (χ3v) is 5.47. The molecule has 0 aliphatic rings. The topological polar surface area (TPSA) is 29.1 Å². The van der Waals surface area contributed by atoms with Gasteiger partial charge in [0, 0.05) is 34.5 Å². The number of thioether (sulfide) groups is 1. The van der Waals surface area contributed by atoms with Crippen LogP contribution in [0.3, 0.4) is 0 Å². The first kappa shape index (κ1) is 19.2. The average Bonchev–Trinajstić information content (AvgIpc) is 2.55. The van der Waals surface area contributed by atoms with Crippen molar-refractivity contribution in [3.05, 3.63) is 69.2 Å². The van der Waals surface area contributed by atoms with E-state index in [1.165, 1.54) is 11.1 Å². The van der Waals surface area contributed by atoms with Crippen LogP contribution in [0, 0.1) is 6.92 Å². The fraction of sp³-hybridized carbons (Fsp3) is 0.316. The minimum atomic E-state index is 0.0301. The van der Waals surface area contributed by atoms with Crippen molar-refractivity contribution in [1.29, 1.82) is 0 Å². The molecule has 0 radical (unpaired) electrons. The number of rotatable bonds is 8. The molecule has 1 N–H and O–H groups in total. The summed E-state index contributed by atoms with van der Waals surface area (Å²) >= 11 is 14.0. The predicted molar refractivity (Wildman–Crippen MR) is 105 cm³/mol. The molecule has 24 heavy (non-hydrogen) atoms. The zero-order valence-corrected chi connectivity index (χ0v) is 16.0. The number of halogens is 2. The fourth-order valence-corrected chi connectivity index (χ4v) is 3.84. The van der Waals surface area contributed by atoms with Gasteiger partial charge in [0.15, 0.2) is 0 Å². The molecule has 128 valence electrons. The zero-order valence-electron chi connectivity index (χ0n) is 13.6. The Kier molecular flexibility index (Phi) is 7.97. The van der Waals surface area contributed by atoms with E-state index in [-0.39, 0.29) is 5.91 Å². The van der Waals surface area contributed by atoms with Crippen LogP contribution in [0.4, 0.5) is 0 Å². The molecule has 0 saturated carbocycles. The van der Waals surface area contributed by atoms with Crippen molar-refractivity contribution < 1.29 is 4.79 Å². The number of carbonyl (C=O) groups is 1. The summed E-state index contributed by atoms with van der Waals surface area (Å²) in [6.45, 7) is 2.79. The highest BCUT2D eigenvalue weighted by atomic mass is 35.5. The van der Waals surface area contributed by atoms with E-state index in [2.05, 4.69) is 36.5 Å². The van der Waals surface area contributed by atoms with Gasteiger partial charge in [0.1, 0.15) is 0 Å². The zero-order chi connectivity index (χ0) is 17.4. The molecule has 5 heteroatoms. The van der Waals surface area contributed by atoms with Crippen molar-refractivity contribution in [2.24, 2.45) is 0 Å². The highest BCUT2D eigenvalue weighted by molar-refractivity contribution is 7.98. The summed E-state index contributed by atoms with van der Waals surface area (Å²) in [4.78, 5) is 11.9. The summed E-state index contributed by atoms with van der Waals surface area (Å²) in [6.07, 6.45) is 0.951. The van der Waals surface area contributed by atoms with Gasteiger partial charge in [-0.25, -0.2) is 0 Å². The fourth-order valence-electron chi connectivity index (χ4n) is 2.31. The number of hydrogen-bond donors (Lipinski definition) is 1. The molecule has 0 spiro atoms. The number of hydrogen-bond acceptors (Lipinski definition) is 2. The van der Waals surface area contributed by atoms with Crippen LogP contribution in [-0.4, -0.2) is 18.2 Å². The summed E-state index contributed by atoms with van der Waals surface area (Å²) in [5.74, 6) is 1.90. The number of aryl methyl sites for hydroxylation is 1. The van der Waals surface area contributed by atoms with Gasteiger partial charge in [-0.1, -0.05) is 53.5 Å². The van der Waals surface area contributed by atoms with Crippen molar-refractivity contribution in [2.75, 3.05) is 12.3 Å². The monoisotopic (exact) mass is 381 g/mol. The van der Waals surface area contributed by atoms with Gasteiger partial charge in [-0.2, -0.15) is 11.8 Å². The van der Waals surface area contributed by atoms with Gasteiger partial charge >= 0.3 is 0 Å². The highest BCUT2D eigenvalue weighted by Gasteiger charge is 2.08. The molecule has 2 aromatic carbocycles. The molecule has 0 saturated heterocycles. The van der Waals surface area contributed by atoms with E-state index in [0.717, 1.165) is 17.1 Å². The summed E-state index contributed by atoms with van der Waals surface area (Å²) in [6, 6.07) is 13.8. The Morgan fingerprint density at radius 2 is 1.79 bits per heavy atom. The predicted octanol–water partition coefficient (Wildman–Crippen LogP) is 5.28. The Hall–Kier alpha value is -1.16. The third kappa shape index (κ3) is 6.04. The van der Waals surface area contributed by atoms with Crippen molar-refractivity contribution in [3.8, 4) is 0 Å². The van der Waals surface area contributed by atoms with E-state index in [1.807, 2.05) is 11.8 Å². The molecule has 2 aromatic rings. The minimum absolute atomic E-state index is 0.0301. The molecule has 0 bridgehead atoms. The van der Waals surface area contributed by atoms with E-state index >= 15 is 0 Å². The molecule has 0 unspecified atom stereocenters. The van der Waals surface area contributed by atoms with Crippen molar-refractivity contribution >= 4 is 40.9 Å². The molecule has 0 aromatic heterocycles. The number of carbonyl (C=O) groups excluding carboxylic acids is 1. The molecule has 0 aliphatic carbocycles. The normalized spacial score (nSPS) is 10.6. The Morgan fingerprint density at radius 3 is 2.50 bits per heavy atom. The number of benzene rings is 2. The lowest BCUT2D eigenvalue weighted by molar-refractivity contribution is -0.120. The van der Waals surface area contributed by atoms with Gasteiger partial charge in [-0.05, 0) is 42.2 Å². The van der Waals surface area contributed by atoms with Gasteiger partial charge in [-0.3, -0.25) is 4.79 Å². The minimum Gasteiger partial charge on any atom is -0.355 e. The van der Waals surface area contributed by atoms with Crippen LogP contribution < -0.4 is 5.32 Å². The molecule has 1 amide bonds. The maximum Gasteiger partial charge on any atom is 0.220 e. The van der Waals surface area contributed by atoms with Crippen molar-refractivity contribution in [2.45, 2.75) is 25.5 Å². The smallest absolute Gasteiger partial charge is 0.220 e. The second kappa shape index (κ2) is 9.97. The highest BCUT2D eigenvalue weighted by Crippen LogP contribution is 2.25. The average molecular weight is 382 g/mol. The Morgan fingerprint density at radius 1 is 1.08 bits per heavy atom. The standard InChI is InChI=1S/C19H21Cl2NOS/c1-14-5-2-3-6-15(14)13-24-12-11-22-19(23)10-9-16-17(20)7-4-8-18(16)21/h2-8H,9-13H2,1H3,(H,22,23). The van der Waals surface area contributed by atoms with Crippen LogP contribution in [0.2, 0.25) is 10.0 Å². The molecule has 0 heterocycles. The van der Waals surface area contributed by atoms with Crippen LogP contribution in [0.25, 0.3) is 0 Å². The van der Waals surface area contributed by atoms with Gasteiger partial charge in [0.25, 0.3) is 0 Å². The van der Waals surface area contributed by atoms with Crippen LogP contribution in [0.1, 0.15) is 23.1 Å². The van der Waals surface area contributed by atoms with Crippen LogP contribution in [-0.2, 0) is 17.0 Å². The lowest BCUT2D eigenvalue weighted by Gasteiger charge is -2.08. The van der Waals surface area contributed by atoms with Gasteiger partial charge < -0.3 is 5.32 Å².